The lowest BCUT2D eigenvalue weighted by Crippen LogP contribution is -2.37. The highest BCUT2D eigenvalue weighted by molar-refractivity contribution is 5.92. The Morgan fingerprint density at radius 2 is 1.62 bits per heavy atom. The van der Waals surface area contributed by atoms with Gasteiger partial charge in [0, 0.05) is 25.9 Å². The fourth-order valence-corrected chi connectivity index (χ4v) is 4.91. The van der Waals surface area contributed by atoms with E-state index in [0.717, 1.165) is 32.4 Å². The number of phenolic OH excluding ortho intramolecular Hbond substituents is 1. The zero-order valence-corrected chi connectivity index (χ0v) is 17.5. The van der Waals surface area contributed by atoms with Gasteiger partial charge in [-0.05, 0) is 29.0 Å². The average Bonchev–Trinajstić information content (AvgIpc) is 3.22. The number of nitrogens with zero attached hydrogens (tertiary/aromatic N) is 3. The van der Waals surface area contributed by atoms with E-state index in [1.165, 1.54) is 11.6 Å². The van der Waals surface area contributed by atoms with E-state index >= 15 is 0 Å². The number of fused-ring (bicyclic) bond motifs is 6. The lowest BCUT2D eigenvalue weighted by atomic mass is 9.93. The van der Waals surface area contributed by atoms with Gasteiger partial charge in [-0.2, -0.15) is 0 Å². The SMILES string of the molecule is Cn1c(=O)c2cn3c(c2n(C)c1=O)C(c1c(O)ccc2ccccc12)Nc1ccccc1-3. The molecule has 0 spiro atoms. The molecule has 1 atom stereocenters. The second-order valence-electron chi connectivity index (χ2n) is 8.17. The van der Waals surface area contributed by atoms with Crippen molar-refractivity contribution in [3.8, 4) is 11.4 Å². The number of rotatable bonds is 1. The van der Waals surface area contributed by atoms with Crippen molar-refractivity contribution in [3.05, 3.63) is 99.0 Å². The molecule has 1 unspecified atom stereocenters. The number of benzene rings is 3. The van der Waals surface area contributed by atoms with Crippen LogP contribution in [-0.4, -0.2) is 18.8 Å². The van der Waals surface area contributed by atoms with Crippen LogP contribution in [0.15, 0.2) is 76.4 Å². The van der Waals surface area contributed by atoms with Crippen molar-refractivity contribution in [1.29, 1.82) is 0 Å². The van der Waals surface area contributed by atoms with E-state index in [1.54, 1.807) is 19.3 Å². The molecular weight excluding hydrogens is 404 g/mol. The summed E-state index contributed by atoms with van der Waals surface area (Å²) >= 11 is 0. The summed E-state index contributed by atoms with van der Waals surface area (Å²) in [7, 11) is 3.16. The average molecular weight is 424 g/mol. The number of aryl methyl sites for hydroxylation is 1. The van der Waals surface area contributed by atoms with Crippen LogP contribution in [0, 0.1) is 0 Å². The molecule has 0 radical (unpaired) electrons. The van der Waals surface area contributed by atoms with Crippen molar-refractivity contribution in [1.82, 2.24) is 13.7 Å². The van der Waals surface area contributed by atoms with E-state index in [9.17, 15) is 14.7 Å². The van der Waals surface area contributed by atoms with Gasteiger partial charge in [-0.3, -0.25) is 13.9 Å². The van der Waals surface area contributed by atoms with Gasteiger partial charge in [0.25, 0.3) is 5.56 Å². The van der Waals surface area contributed by atoms with Crippen LogP contribution in [0.5, 0.6) is 5.75 Å². The largest absolute Gasteiger partial charge is 0.508 e. The molecule has 0 aliphatic carbocycles. The molecule has 0 saturated heterocycles. The van der Waals surface area contributed by atoms with Gasteiger partial charge < -0.3 is 15.0 Å². The Balaban J connectivity index is 1.80. The topological polar surface area (TPSA) is 81.2 Å². The Morgan fingerprint density at radius 3 is 2.47 bits per heavy atom. The Labute approximate surface area is 182 Å². The number of hydrogen-bond acceptors (Lipinski definition) is 4. The molecule has 6 rings (SSSR count). The number of para-hydroxylation sites is 2. The number of phenols is 1. The third-order valence-corrected chi connectivity index (χ3v) is 6.43. The Morgan fingerprint density at radius 1 is 0.875 bits per heavy atom. The monoisotopic (exact) mass is 424 g/mol. The van der Waals surface area contributed by atoms with E-state index in [1.807, 2.05) is 59.2 Å². The smallest absolute Gasteiger partial charge is 0.331 e. The Kier molecular flexibility index (Phi) is 3.68. The number of anilines is 1. The summed E-state index contributed by atoms with van der Waals surface area (Å²) in [5.41, 5.74) is 3.01. The van der Waals surface area contributed by atoms with Gasteiger partial charge in [0.05, 0.1) is 34.0 Å². The molecule has 2 N–H and O–H groups in total. The molecule has 158 valence electrons. The maximum Gasteiger partial charge on any atom is 0.331 e. The molecule has 7 heteroatoms. The van der Waals surface area contributed by atoms with Gasteiger partial charge in [-0.1, -0.05) is 42.5 Å². The summed E-state index contributed by atoms with van der Waals surface area (Å²) < 4.78 is 4.59. The lowest BCUT2D eigenvalue weighted by molar-refractivity contribution is 0.467. The molecule has 1 aliphatic rings. The van der Waals surface area contributed by atoms with Crippen LogP contribution < -0.4 is 16.6 Å². The number of aromatic hydroxyl groups is 1. The third kappa shape index (κ3) is 2.30. The summed E-state index contributed by atoms with van der Waals surface area (Å²) in [6.45, 7) is 0. The first-order chi connectivity index (χ1) is 15.5. The van der Waals surface area contributed by atoms with Crippen molar-refractivity contribution in [2.45, 2.75) is 6.04 Å². The van der Waals surface area contributed by atoms with Crippen molar-refractivity contribution < 1.29 is 5.11 Å². The molecule has 5 aromatic rings. The van der Waals surface area contributed by atoms with Crippen LogP contribution in [-0.2, 0) is 14.1 Å². The van der Waals surface area contributed by atoms with Crippen LogP contribution >= 0.6 is 0 Å². The summed E-state index contributed by atoms with van der Waals surface area (Å²) in [4.78, 5) is 25.8. The molecule has 3 heterocycles. The summed E-state index contributed by atoms with van der Waals surface area (Å²) in [6, 6.07) is 18.8. The number of hydrogen-bond donors (Lipinski definition) is 2. The fraction of sp³-hybridized carbons (Fsp3) is 0.120. The van der Waals surface area contributed by atoms with Gasteiger partial charge in [0.1, 0.15) is 5.75 Å². The van der Waals surface area contributed by atoms with E-state index in [4.69, 9.17) is 0 Å². The molecule has 3 aromatic carbocycles. The quantitative estimate of drug-likeness (QED) is 0.432. The molecule has 7 nitrogen and oxygen atoms in total. The Bertz CT molecular complexity index is 1690. The maximum atomic E-state index is 13.0. The zero-order valence-electron chi connectivity index (χ0n) is 17.5. The molecular formula is C25H20N4O3. The van der Waals surface area contributed by atoms with Crippen LogP contribution in [0.25, 0.3) is 27.4 Å². The second kappa shape index (κ2) is 6.37. The number of aromatic nitrogens is 3. The van der Waals surface area contributed by atoms with Crippen LogP contribution in [0.3, 0.4) is 0 Å². The fourth-order valence-electron chi connectivity index (χ4n) is 4.91. The molecule has 0 amide bonds. The maximum absolute atomic E-state index is 13.0. The highest BCUT2D eigenvalue weighted by Crippen LogP contribution is 2.44. The first-order valence-electron chi connectivity index (χ1n) is 10.3. The summed E-state index contributed by atoms with van der Waals surface area (Å²) in [5.74, 6) is 0.148. The standard InChI is InChI=1S/C25H20N4O3/c1-27-22-16(24(31)28(2)25(27)32)13-29-18-10-6-5-9-17(18)26-21(23(22)29)20-15-8-4-3-7-14(15)11-12-19(20)30/h3-13,21,26,30H,1-2H3. The zero-order chi connectivity index (χ0) is 22.1. The van der Waals surface area contributed by atoms with E-state index in [-0.39, 0.29) is 11.3 Å². The Hall–Kier alpha value is -4.26. The van der Waals surface area contributed by atoms with Crippen LogP contribution in [0.1, 0.15) is 17.3 Å². The van der Waals surface area contributed by atoms with E-state index in [2.05, 4.69) is 5.32 Å². The molecule has 0 fully saturated rings. The number of nitrogens with one attached hydrogen (secondary N) is 1. The van der Waals surface area contributed by atoms with Crippen molar-refractivity contribution in [2.24, 2.45) is 14.1 Å². The lowest BCUT2D eigenvalue weighted by Gasteiger charge is -2.31. The van der Waals surface area contributed by atoms with Gasteiger partial charge in [0.15, 0.2) is 0 Å². The molecule has 0 bridgehead atoms. The van der Waals surface area contributed by atoms with Gasteiger partial charge in [-0.25, -0.2) is 4.79 Å². The van der Waals surface area contributed by atoms with Crippen LogP contribution in [0.4, 0.5) is 5.69 Å². The normalized spacial score (nSPS) is 14.9. The summed E-state index contributed by atoms with van der Waals surface area (Å²) in [6.07, 6.45) is 1.79. The van der Waals surface area contributed by atoms with Gasteiger partial charge in [0.2, 0.25) is 0 Å². The predicted molar refractivity (Wildman–Crippen MR) is 125 cm³/mol. The molecule has 1 aliphatic heterocycles. The molecule has 0 saturated carbocycles. The third-order valence-electron chi connectivity index (χ3n) is 6.43. The molecule has 32 heavy (non-hydrogen) atoms. The van der Waals surface area contributed by atoms with Gasteiger partial charge in [-0.15, -0.1) is 0 Å². The minimum atomic E-state index is -0.480. The first kappa shape index (κ1) is 18.5. The van der Waals surface area contributed by atoms with Gasteiger partial charge >= 0.3 is 5.69 Å². The van der Waals surface area contributed by atoms with Crippen LogP contribution in [0.2, 0.25) is 0 Å². The summed E-state index contributed by atoms with van der Waals surface area (Å²) in [5, 5.41) is 16.9. The first-order valence-corrected chi connectivity index (χ1v) is 10.3. The minimum absolute atomic E-state index is 0.148. The minimum Gasteiger partial charge on any atom is -0.508 e. The van der Waals surface area contributed by atoms with Crippen molar-refractivity contribution in [2.75, 3.05) is 5.32 Å². The second-order valence-corrected chi connectivity index (χ2v) is 8.17. The molecule has 2 aromatic heterocycles. The highest BCUT2D eigenvalue weighted by atomic mass is 16.3. The highest BCUT2D eigenvalue weighted by Gasteiger charge is 2.33. The van der Waals surface area contributed by atoms with Crippen molar-refractivity contribution >= 4 is 27.4 Å². The predicted octanol–water partition coefficient (Wildman–Crippen LogP) is 3.40. The van der Waals surface area contributed by atoms with Crippen molar-refractivity contribution in [3.63, 3.8) is 0 Å². The van der Waals surface area contributed by atoms with E-state index < -0.39 is 11.7 Å². The van der Waals surface area contributed by atoms with E-state index in [0.29, 0.717) is 16.5 Å².